The Bertz CT molecular complexity index is 404. The lowest BCUT2D eigenvalue weighted by Gasteiger charge is -2.41. The summed E-state index contributed by atoms with van der Waals surface area (Å²) in [5.41, 5.74) is -2.77. The summed E-state index contributed by atoms with van der Waals surface area (Å²) in [7, 11) is 0. The van der Waals surface area contributed by atoms with Crippen LogP contribution < -0.4 is 0 Å². The molecule has 2 atom stereocenters. The molecule has 0 saturated carbocycles. The van der Waals surface area contributed by atoms with Gasteiger partial charge in [-0.05, 0) is 6.42 Å². The Hall–Kier alpha value is -1.23. The second-order valence-electron chi connectivity index (χ2n) is 4.72. The van der Waals surface area contributed by atoms with Crippen LogP contribution in [0, 0.1) is 11.8 Å². The number of hydrogen-bond acceptors (Lipinski definition) is 1. The van der Waals surface area contributed by atoms with Crippen LogP contribution in [-0.2, 0) is 0 Å². The highest BCUT2D eigenvalue weighted by molar-refractivity contribution is 5.11. The van der Waals surface area contributed by atoms with Gasteiger partial charge in [0.1, 0.15) is 0 Å². The summed E-state index contributed by atoms with van der Waals surface area (Å²) in [6.07, 6.45) is -21.1. The van der Waals surface area contributed by atoms with Crippen molar-refractivity contribution in [3.05, 3.63) is 11.8 Å². The van der Waals surface area contributed by atoms with E-state index in [1.807, 2.05) is 0 Å². The Morgan fingerprint density at radius 3 is 1.32 bits per heavy atom. The van der Waals surface area contributed by atoms with Crippen LogP contribution in [0.4, 0.5) is 48.3 Å². The lowest BCUT2D eigenvalue weighted by molar-refractivity contribution is -0.233. The molecule has 1 aliphatic rings. The fraction of sp³-hybridized carbons (Fsp3) is 0.800. The van der Waals surface area contributed by atoms with E-state index >= 15 is 0 Å². The normalized spacial score (nSPS) is 24.4. The molecule has 0 aromatic rings. The lowest BCUT2D eigenvalue weighted by Crippen LogP contribution is -2.51. The number of likely N-dealkylation sites (tertiary alicyclic amines) is 1. The minimum Gasteiger partial charge on any atom is -0.362 e. The van der Waals surface area contributed by atoms with Gasteiger partial charge in [-0.15, -0.1) is 0 Å². The topological polar surface area (TPSA) is 3.24 Å². The number of halogens is 11. The first-order valence-corrected chi connectivity index (χ1v) is 5.65. The maximum Gasteiger partial charge on any atom is 0.436 e. The smallest absolute Gasteiger partial charge is 0.362 e. The number of allylic oxidation sites excluding steroid dienone is 1. The average Bonchev–Trinajstić information content (AvgIpc) is 2.23. The van der Waals surface area contributed by atoms with Crippen molar-refractivity contribution in [3.63, 3.8) is 0 Å². The lowest BCUT2D eigenvalue weighted by atomic mass is 9.88. The van der Waals surface area contributed by atoms with Crippen molar-refractivity contribution in [1.29, 1.82) is 0 Å². The van der Waals surface area contributed by atoms with Gasteiger partial charge in [0.25, 0.3) is 6.08 Å². The van der Waals surface area contributed by atoms with E-state index in [0.717, 1.165) is 0 Å². The fourth-order valence-corrected chi connectivity index (χ4v) is 2.16. The van der Waals surface area contributed by atoms with E-state index in [9.17, 15) is 48.3 Å². The molecule has 12 heteroatoms. The second kappa shape index (κ2) is 5.76. The monoisotopic (exact) mass is 351 g/mol. The van der Waals surface area contributed by atoms with Crippen molar-refractivity contribution in [1.82, 2.24) is 4.90 Å². The molecule has 0 N–H and O–H groups in total. The van der Waals surface area contributed by atoms with E-state index < -0.39 is 66.6 Å². The molecule has 0 aliphatic carbocycles. The van der Waals surface area contributed by atoms with Gasteiger partial charge in [0.2, 0.25) is 0 Å². The van der Waals surface area contributed by atoms with Crippen LogP contribution in [-0.4, -0.2) is 36.5 Å². The van der Waals surface area contributed by atoms with Crippen molar-refractivity contribution in [2.75, 3.05) is 13.1 Å². The van der Waals surface area contributed by atoms with E-state index in [1.165, 1.54) is 0 Å². The van der Waals surface area contributed by atoms with E-state index in [-0.39, 0.29) is 0 Å². The third kappa shape index (κ3) is 4.38. The van der Waals surface area contributed by atoms with Crippen molar-refractivity contribution < 1.29 is 48.3 Å². The van der Waals surface area contributed by atoms with Crippen LogP contribution in [0.2, 0.25) is 0 Å². The molecule has 0 amide bonds. The zero-order valence-corrected chi connectivity index (χ0v) is 10.4. The molecule has 0 radical (unpaired) electrons. The predicted molar refractivity (Wildman–Crippen MR) is 50.6 cm³/mol. The predicted octanol–water partition coefficient (Wildman–Crippen LogP) is 4.72. The Morgan fingerprint density at radius 2 is 1.09 bits per heavy atom. The molecule has 0 aromatic heterocycles. The Labute approximate surface area is 116 Å². The zero-order chi connectivity index (χ0) is 17.5. The van der Waals surface area contributed by atoms with E-state index in [4.69, 9.17) is 0 Å². The molecule has 1 fully saturated rings. The van der Waals surface area contributed by atoms with Gasteiger partial charge in [-0.3, -0.25) is 0 Å². The highest BCUT2D eigenvalue weighted by atomic mass is 19.4. The van der Waals surface area contributed by atoms with Crippen molar-refractivity contribution in [3.8, 4) is 0 Å². The molecular formula is C10H8F11N. The molecule has 22 heavy (non-hydrogen) atoms. The van der Waals surface area contributed by atoms with Crippen molar-refractivity contribution in [2.24, 2.45) is 11.8 Å². The van der Waals surface area contributed by atoms with Crippen LogP contribution in [0.5, 0.6) is 0 Å². The van der Waals surface area contributed by atoms with Gasteiger partial charge in [-0.1, -0.05) is 0 Å². The number of alkyl halides is 9. The highest BCUT2D eigenvalue weighted by Crippen LogP contribution is 2.44. The third-order valence-electron chi connectivity index (χ3n) is 3.14. The van der Waals surface area contributed by atoms with Crippen LogP contribution in [0.3, 0.4) is 0 Å². The summed E-state index contributed by atoms with van der Waals surface area (Å²) < 4.78 is 137. The summed E-state index contributed by atoms with van der Waals surface area (Å²) in [4.78, 5) is -0.588. The Kier molecular flexibility index (Phi) is 4.93. The van der Waals surface area contributed by atoms with E-state index in [0.29, 0.717) is 0 Å². The van der Waals surface area contributed by atoms with Crippen LogP contribution >= 0.6 is 0 Å². The maximum atomic E-state index is 12.6. The molecule has 0 aromatic carbocycles. The summed E-state index contributed by atoms with van der Waals surface area (Å²) >= 11 is 0. The third-order valence-corrected chi connectivity index (χ3v) is 3.14. The minimum absolute atomic E-state index is 0.588. The Morgan fingerprint density at radius 1 is 0.727 bits per heavy atom. The molecule has 1 saturated heterocycles. The van der Waals surface area contributed by atoms with Crippen LogP contribution in [0.25, 0.3) is 0 Å². The SMILES string of the molecule is FC(F)=C(N1CC(C(F)(F)F)CC(C(F)(F)F)C1)C(F)(F)F. The molecule has 0 bridgehead atoms. The highest BCUT2D eigenvalue weighted by Gasteiger charge is 2.54. The fourth-order valence-electron chi connectivity index (χ4n) is 2.16. The van der Waals surface area contributed by atoms with Gasteiger partial charge in [0.05, 0.1) is 11.8 Å². The number of rotatable bonds is 1. The van der Waals surface area contributed by atoms with Crippen molar-refractivity contribution >= 4 is 0 Å². The molecule has 130 valence electrons. The molecule has 1 nitrogen and oxygen atoms in total. The summed E-state index contributed by atoms with van der Waals surface area (Å²) in [5, 5.41) is 0. The van der Waals surface area contributed by atoms with Gasteiger partial charge >= 0.3 is 18.5 Å². The number of piperidine rings is 1. The van der Waals surface area contributed by atoms with E-state index in [1.54, 1.807) is 0 Å². The first-order chi connectivity index (χ1) is 9.64. The quantitative estimate of drug-likeness (QED) is 0.618. The average molecular weight is 351 g/mol. The summed E-state index contributed by atoms with van der Waals surface area (Å²) in [5.74, 6) is -5.57. The van der Waals surface area contributed by atoms with Crippen LogP contribution in [0.15, 0.2) is 11.8 Å². The first-order valence-electron chi connectivity index (χ1n) is 5.65. The Balaban J connectivity index is 3.21. The van der Waals surface area contributed by atoms with Gasteiger partial charge in [-0.2, -0.15) is 48.3 Å². The number of nitrogens with zero attached hydrogens (tertiary/aromatic N) is 1. The first kappa shape index (κ1) is 18.8. The van der Waals surface area contributed by atoms with Gasteiger partial charge in [-0.25, -0.2) is 0 Å². The maximum absolute atomic E-state index is 12.6. The molecule has 2 unspecified atom stereocenters. The molecule has 1 aliphatic heterocycles. The van der Waals surface area contributed by atoms with Crippen molar-refractivity contribution in [2.45, 2.75) is 24.9 Å². The summed E-state index contributed by atoms with van der Waals surface area (Å²) in [6, 6.07) is 0. The minimum atomic E-state index is -5.76. The largest absolute Gasteiger partial charge is 0.436 e. The van der Waals surface area contributed by atoms with Gasteiger partial charge in [0, 0.05) is 13.1 Å². The van der Waals surface area contributed by atoms with Gasteiger partial charge < -0.3 is 4.90 Å². The molecule has 1 rings (SSSR count). The van der Waals surface area contributed by atoms with Crippen LogP contribution in [0.1, 0.15) is 6.42 Å². The van der Waals surface area contributed by atoms with E-state index in [2.05, 4.69) is 0 Å². The standard InChI is InChI=1S/C10H8F11N/c11-7(12)6(10(19,20)21)22-2-4(8(13,14)15)1-5(3-22)9(16,17)18/h4-5H,1-3H2. The molecular weight excluding hydrogens is 343 g/mol. The van der Waals surface area contributed by atoms with Gasteiger partial charge in [0.15, 0.2) is 5.70 Å². The second-order valence-corrected chi connectivity index (χ2v) is 4.72. The summed E-state index contributed by atoms with van der Waals surface area (Å²) in [6.45, 7) is -3.22. The molecule has 1 heterocycles. The number of hydrogen-bond donors (Lipinski definition) is 0. The molecule has 0 spiro atoms. The zero-order valence-electron chi connectivity index (χ0n) is 10.4.